The minimum absolute atomic E-state index is 0.194. The van der Waals surface area contributed by atoms with Gasteiger partial charge in [-0.25, -0.2) is 9.59 Å². The summed E-state index contributed by atoms with van der Waals surface area (Å²) in [7, 11) is 2.58. The average molecular weight is 369 g/mol. The molecule has 26 heavy (non-hydrogen) atoms. The molecular formula is C19H15NO5S. The molecule has 2 aromatic heterocycles. The van der Waals surface area contributed by atoms with E-state index in [0.717, 1.165) is 21.5 Å². The molecule has 1 unspecified atom stereocenters. The predicted molar refractivity (Wildman–Crippen MR) is 95.8 cm³/mol. The Morgan fingerprint density at radius 2 is 1.85 bits per heavy atom. The maximum absolute atomic E-state index is 12.6. The van der Waals surface area contributed by atoms with Crippen LogP contribution in [0.5, 0.6) is 0 Å². The number of aromatic amines is 1. The van der Waals surface area contributed by atoms with Crippen molar-refractivity contribution < 1.29 is 23.5 Å². The molecule has 0 saturated carbocycles. The van der Waals surface area contributed by atoms with Crippen LogP contribution in [0.25, 0.3) is 10.9 Å². The molecule has 0 spiro atoms. The minimum atomic E-state index is -0.588. The predicted octanol–water partition coefficient (Wildman–Crippen LogP) is 3.60. The normalized spacial score (nSPS) is 16.5. The molecular weight excluding hydrogens is 354 g/mol. The fourth-order valence-corrected chi connectivity index (χ4v) is 4.42. The fourth-order valence-electron chi connectivity index (χ4n) is 3.24. The van der Waals surface area contributed by atoms with E-state index in [9.17, 15) is 9.59 Å². The van der Waals surface area contributed by atoms with Crippen molar-refractivity contribution in [3.8, 4) is 0 Å². The Labute approximate surface area is 153 Å². The third kappa shape index (κ3) is 2.43. The second-order valence-corrected chi connectivity index (χ2v) is 6.71. The molecule has 3 aromatic rings. The monoisotopic (exact) mass is 369 g/mol. The Morgan fingerprint density at radius 3 is 2.54 bits per heavy atom. The summed E-state index contributed by atoms with van der Waals surface area (Å²) in [6, 6.07) is 11.3. The number of H-pyrrole nitrogens is 1. The van der Waals surface area contributed by atoms with E-state index < -0.39 is 17.9 Å². The highest BCUT2D eigenvalue weighted by molar-refractivity contribution is 8.04. The van der Waals surface area contributed by atoms with Gasteiger partial charge in [-0.2, -0.15) is 0 Å². The number of thioether (sulfide) groups is 1. The van der Waals surface area contributed by atoms with Gasteiger partial charge in [0.15, 0.2) is 0 Å². The lowest BCUT2D eigenvalue weighted by Crippen LogP contribution is -2.22. The topological polar surface area (TPSA) is 81.5 Å². The van der Waals surface area contributed by atoms with E-state index in [4.69, 9.17) is 13.9 Å². The van der Waals surface area contributed by atoms with Gasteiger partial charge in [0, 0.05) is 16.5 Å². The summed E-state index contributed by atoms with van der Waals surface area (Å²) in [5, 5.41) is 1.74. The zero-order valence-electron chi connectivity index (χ0n) is 14.1. The fraction of sp³-hybridized carbons (Fsp3) is 0.158. The molecule has 0 aliphatic carbocycles. The van der Waals surface area contributed by atoms with E-state index in [2.05, 4.69) is 4.98 Å². The van der Waals surface area contributed by atoms with Crippen LogP contribution in [-0.4, -0.2) is 31.1 Å². The van der Waals surface area contributed by atoms with Crippen molar-refractivity contribution in [1.29, 1.82) is 0 Å². The first kappa shape index (κ1) is 16.5. The van der Waals surface area contributed by atoms with E-state index >= 15 is 0 Å². The molecule has 0 saturated heterocycles. The lowest BCUT2D eigenvalue weighted by Gasteiger charge is -2.25. The number of fused-ring (bicyclic) bond motifs is 3. The third-order valence-corrected chi connectivity index (χ3v) is 5.46. The highest BCUT2D eigenvalue weighted by atomic mass is 32.2. The van der Waals surface area contributed by atoms with Gasteiger partial charge in [-0.3, -0.25) is 0 Å². The van der Waals surface area contributed by atoms with Crippen LogP contribution in [0.3, 0.4) is 0 Å². The number of rotatable bonds is 3. The Morgan fingerprint density at radius 1 is 1.08 bits per heavy atom. The SMILES string of the molecule is COC(=O)C1=C(C(=O)OC)C(c2ccco2)c2c([nH]c3ccccc23)S1. The highest BCUT2D eigenvalue weighted by Gasteiger charge is 2.41. The number of aromatic nitrogens is 1. The largest absolute Gasteiger partial charge is 0.468 e. The van der Waals surface area contributed by atoms with Gasteiger partial charge in [-0.05, 0) is 18.2 Å². The van der Waals surface area contributed by atoms with Crippen LogP contribution in [0, 0.1) is 0 Å². The van der Waals surface area contributed by atoms with E-state index in [1.807, 2.05) is 24.3 Å². The molecule has 0 bridgehead atoms. The van der Waals surface area contributed by atoms with Crippen LogP contribution < -0.4 is 0 Å². The molecule has 4 rings (SSSR count). The first-order valence-electron chi connectivity index (χ1n) is 7.88. The number of nitrogens with one attached hydrogen (secondary N) is 1. The number of hydrogen-bond acceptors (Lipinski definition) is 6. The number of carbonyl (C=O) groups excluding carboxylic acids is 2. The Hall–Kier alpha value is -2.93. The molecule has 0 amide bonds. The van der Waals surface area contributed by atoms with Crippen molar-refractivity contribution in [2.75, 3.05) is 14.2 Å². The van der Waals surface area contributed by atoms with E-state index in [-0.39, 0.29) is 10.5 Å². The summed E-state index contributed by atoms with van der Waals surface area (Å²) in [5.41, 5.74) is 2.02. The Kier molecular flexibility index (Phi) is 4.08. The van der Waals surface area contributed by atoms with Crippen LogP contribution in [0.1, 0.15) is 17.2 Å². The van der Waals surface area contributed by atoms with Crippen molar-refractivity contribution in [3.05, 3.63) is 64.5 Å². The van der Waals surface area contributed by atoms with Crippen molar-refractivity contribution >= 4 is 34.6 Å². The molecule has 1 aromatic carbocycles. The van der Waals surface area contributed by atoms with Crippen molar-refractivity contribution in [1.82, 2.24) is 4.98 Å². The molecule has 1 atom stereocenters. The van der Waals surface area contributed by atoms with Gasteiger partial charge < -0.3 is 18.9 Å². The summed E-state index contributed by atoms with van der Waals surface area (Å²) >= 11 is 1.18. The molecule has 1 aliphatic rings. The summed E-state index contributed by atoms with van der Waals surface area (Å²) in [5.74, 6) is -1.19. The van der Waals surface area contributed by atoms with E-state index in [0.29, 0.717) is 5.76 Å². The summed E-state index contributed by atoms with van der Waals surface area (Å²) in [6.45, 7) is 0. The number of benzene rings is 1. The zero-order chi connectivity index (χ0) is 18.3. The van der Waals surface area contributed by atoms with Gasteiger partial charge in [0.05, 0.1) is 37.0 Å². The van der Waals surface area contributed by atoms with Crippen LogP contribution in [-0.2, 0) is 19.1 Å². The van der Waals surface area contributed by atoms with Gasteiger partial charge in [0.25, 0.3) is 0 Å². The van der Waals surface area contributed by atoms with Crippen molar-refractivity contribution in [2.45, 2.75) is 10.9 Å². The summed E-state index contributed by atoms with van der Waals surface area (Å²) in [6.07, 6.45) is 1.54. The highest BCUT2D eigenvalue weighted by Crippen LogP contribution is 2.50. The Bertz CT molecular complexity index is 1030. The van der Waals surface area contributed by atoms with E-state index in [1.165, 1.54) is 32.2 Å². The van der Waals surface area contributed by atoms with Gasteiger partial charge >= 0.3 is 11.9 Å². The standard InChI is InChI=1S/C19H15NO5S/c1-23-18(21)15-14(12-8-5-9-25-12)13-10-6-3-4-7-11(10)20-17(13)26-16(15)19(22)24-2/h3-9,14,20H,1-2H3. The molecule has 132 valence electrons. The molecule has 1 aliphatic heterocycles. The van der Waals surface area contributed by atoms with Crippen LogP contribution in [0.15, 0.2) is 62.6 Å². The lowest BCUT2D eigenvalue weighted by molar-refractivity contribution is -0.139. The number of hydrogen-bond donors (Lipinski definition) is 1. The molecule has 0 fully saturated rings. The quantitative estimate of drug-likeness (QED) is 0.711. The maximum atomic E-state index is 12.6. The van der Waals surface area contributed by atoms with Gasteiger partial charge in [-0.15, -0.1) is 0 Å². The second kappa shape index (κ2) is 6.42. The molecule has 6 nitrogen and oxygen atoms in total. The third-order valence-electron chi connectivity index (χ3n) is 4.34. The van der Waals surface area contributed by atoms with E-state index in [1.54, 1.807) is 12.1 Å². The Balaban J connectivity index is 2.05. The zero-order valence-corrected chi connectivity index (χ0v) is 14.9. The maximum Gasteiger partial charge on any atom is 0.345 e. The number of carbonyl (C=O) groups is 2. The van der Waals surface area contributed by atoms with Crippen LogP contribution >= 0.6 is 11.8 Å². The minimum Gasteiger partial charge on any atom is -0.468 e. The van der Waals surface area contributed by atoms with Gasteiger partial charge in [0.2, 0.25) is 0 Å². The molecule has 3 heterocycles. The first-order chi connectivity index (χ1) is 12.7. The molecule has 1 N–H and O–H groups in total. The number of methoxy groups -OCH3 is 2. The second-order valence-electron chi connectivity index (χ2n) is 5.69. The number of furan rings is 1. The smallest absolute Gasteiger partial charge is 0.345 e. The summed E-state index contributed by atoms with van der Waals surface area (Å²) < 4.78 is 15.5. The average Bonchev–Trinajstić information content (AvgIpc) is 3.32. The van der Waals surface area contributed by atoms with Crippen molar-refractivity contribution in [3.63, 3.8) is 0 Å². The van der Waals surface area contributed by atoms with Crippen LogP contribution in [0.4, 0.5) is 0 Å². The molecule has 0 radical (unpaired) electrons. The number of ether oxygens (including phenoxy) is 2. The molecule has 7 heteroatoms. The summed E-state index contributed by atoms with van der Waals surface area (Å²) in [4.78, 5) is 28.5. The number of esters is 2. The number of para-hydroxylation sites is 1. The lowest BCUT2D eigenvalue weighted by atomic mass is 9.87. The van der Waals surface area contributed by atoms with Gasteiger partial charge in [-0.1, -0.05) is 30.0 Å². The first-order valence-corrected chi connectivity index (χ1v) is 8.70. The van der Waals surface area contributed by atoms with Crippen molar-refractivity contribution in [2.24, 2.45) is 0 Å². The van der Waals surface area contributed by atoms with Crippen LogP contribution in [0.2, 0.25) is 0 Å². The van der Waals surface area contributed by atoms with Gasteiger partial charge in [0.1, 0.15) is 10.7 Å².